The van der Waals surface area contributed by atoms with Crippen LogP contribution in [0.25, 0.3) is 21.7 Å². The highest BCUT2D eigenvalue weighted by Gasteiger charge is 2.43. The van der Waals surface area contributed by atoms with E-state index in [1.807, 2.05) is 50.2 Å². The van der Waals surface area contributed by atoms with E-state index in [2.05, 4.69) is 15.3 Å². The third-order valence-corrected chi connectivity index (χ3v) is 7.36. The lowest BCUT2D eigenvalue weighted by molar-refractivity contribution is -0.123. The zero-order chi connectivity index (χ0) is 27.4. The Labute approximate surface area is 227 Å². The van der Waals surface area contributed by atoms with E-state index in [0.717, 1.165) is 46.7 Å². The fourth-order valence-electron chi connectivity index (χ4n) is 5.51. The minimum atomic E-state index is -0.411. The number of benzene rings is 2. The molecule has 0 bridgehead atoms. The number of carbonyl (C=O) groups excluding carboxylic acids is 2. The maximum Gasteiger partial charge on any atom is 0.248 e. The zero-order valence-corrected chi connectivity index (χ0v) is 22.3. The Hall–Kier alpha value is -4.20. The molecule has 2 aliphatic rings. The topological polar surface area (TPSA) is 116 Å². The Kier molecular flexibility index (Phi) is 7.91. The molecular weight excluding hydrogens is 492 g/mol. The van der Waals surface area contributed by atoms with Crippen LogP contribution in [0.1, 0.15) is 49.9 Å². The van der Waals surface area contributed by atoms with Crippen LogP contribution in [0.3, 0.4) is 0 Å². The summed E-state index contributed by atoms with van der Waals surface area (Å²) in [7, 11) is 0. The summed E-state index contributed by atoms with van der Waals surface area (Å²) in [4.78, 5) is 31.6. The molecule has 2 aromatic carbocycles. The molecule has 2 fully saturated rings. The van der Waals surface area contributed by atoms with Crippen LogP contribution in [0.4, 0.5) is 0 Å². The van der Waals surface area contributed by atoms with E-state index in [1.165, 1.54) is 6.42 Å². The predicted molar refractivity (Wildman–Crippen MR) is 151 cm³/mol. The van der Waals surface area contributed by atoms with Gasteiger partial charge >= 0.3 is 0 Å². The molecule has 6 rings (SSSR count). The summed E-state index contributed by atoms with van der Waals surface area (Å²) in [6.07, 6.45) is 8.07. The summed E-state index contributed by atoms with van der Waals surface area (Å²) in [6.45, 7) is 4.48. The van der Waals surface area contributed by atoms with Gasteiger partial charge in [0.25, 0.3) is 0 Å². The van der Waals surface area contributed by atoms with Crippen molar-refractivity contribution < 1.29 is 19.1 Å². The van der Waals surface area contributed by atoms with Crippen molar-refractivity contribution in [3.05, 3.63) is 72.6 Å². The largest absolute Gasteiger partial charge is 0.491 e. The normalized spacial score (nSPS) is 20.2. The maximum absolute atomic E-state index is 12.2. The number of ether oxygens (including phenoxy) is 2. The van der Waals surface area contributed by atoms with Gasteiger partial charge in [0.2, 0.25) is 17.7 Å². The van der Waals surface area contributed by atoms with Crippen molar-refractivity contribution in [3.8, 4) is 11.6 Å². The van der Waals surface area contributed by atoms with Crippen LogP contribution in [0.5, 0.6) is 11.6 Å². The third kappa shape index (κ3) is 6.11. The molecule has 3 heterocycles. The number of rotatable bonds is 6. The van der Waals surface area contributed by atoms with Gasteiger partial charge in [-0.25, -0.2) is 4.98 Å². The number of hydrogen-bond donors (Lipinski definition) is 2. The second-order valence-corrected chi connectivity index (χ2v) is 10.4. The van der Waals surface area contributed by atoms with E-state index < -0.39 is 5.91 Å². The van der Waals surface area contributed by atoms with E-state index in [0.29, 0.717) is 24.0 Å². The number of nitrogens with two attached hydrogens (primary N) is 1. The Morgan fingerprint density at radius 2 is 1.87 bits per heavy atom. The highest BCUT2D eigenvalue weighted by Crippen LogP contribution is 2.37. The number of fused-ring (bicyclic) bond motifs is 3. The molecule has 1 aliphatic carbocycles. The quantitative estimate of drug-likeness (QED) is 0.364. The third-order valence-electron chi connectivity index (χ3n) is 7.36. The lowest BCUT2D eigenvalue weighted by Gasteiger charge is -2.26. The summed E-state index contributed by atoms with van der Waals surface area (Å²) in [5, 5.41) is 6.07. The minimum absolute atomic E-state index is 0.0833. The number of hydrogen-bond acceptors (Lipinski definition) is 6. The molecule has 2 amide bonds. The van der Waals surface area contributed by atoms with E-state index in [-0.39, 0.29) is 24.0 Å². The van der Waals surface area contributed by atoms with Gasteiger partial charge in [-0.15, -0.1) is 0 Å². The Balaban J connectivity index is 0.000000198. The SMILES string of the molecule is CC(C)Oc1ccc2ccnc(OCC3NC(=O)C4CCCCC34)c2c1.NC(=O)c1ccc2ncccc2c1. The zero-order valence-electron chi connectivity index (χ0n) is 22.3. The van der Waals surface area contributed by atoms with E-state index >= 15 is 0 Å². The van der Waals surface area contributed by atoms with Gasteiger partial charge in [0.15, 0.2) is 0 Å². The molecule has 1 aliphatic heterocycles. The molecule has 3 atom stereocenters. The van der Waals surface area contributed by atoms with Crippen molar-refractivity contribution in [3.63, 3.8) is 0 Å². The first kappa shape index (κ1) is 26.4. The minimum Gasteiger partial charge on any atom is -0.491 e. The van der Waals surface area contributed by atoms with E-state index in [1.54, 1.807) is 30.6 Å². The first-order chi connectivity index (χ1) is 18.9. The van der Waals surface area contributed by atoms with Crippen LogP contribution in [-0.4, -0.2) is 40.5 Å². The van der Waals surface area contributed by atoms with Crippen LogP contribution >= 0.6 is 0 Å². The molecule has 39 heavy (non-hydrogen) atoms. The van der Waals surface area contributed by atoms with Crippen LogP contribution in [0.2, 0.25) is 0 Å². The van der Waals surface area contributed by atoms with Gasteiger partial charge in [-0.1, -0.05) is 25.0 Å². The molecule has 8 nitrogen and oxygen atoms in total. The van der Waals surface area contributed by atoms with Gasteiger partial charge in [0, 0.05) is 34.6 Å². The van der Waals surface area contributed by atoms with Gasteiger partial charge < -0.3 is 20.5 Å². The van der Waals surface area contributed by atoms with Gasteiger partial charge in [-0.2, -0.15) is 0 Å². The van der Waals surface area contributed by atoms with Gasteiger partial charge in [-0.05, 0) is 80.5 Å². The smallest absolute Gasteiger partial charge is 0.248 e. The molecule has 1 saturated carbocycles. The molecule has 202 valence electrons. The average molecular weight is 527 g/mol. The molecule has 3 unspecified atom stereocenters. The van der Waals surface area contributed by atoms with Crippen LogP contribution in [0, 0.1) is 11.8 Å². The van der Waals surface area contributed by atoms with Crippen molar-refractivity contribution in [1.82, 2.24) is 15.3 Å². The molecule has 1 saturated heterocycles. The lowest BCUT2D eigenvalue weighted by Crippen LogP contribution is -2.35. The second kappa shape index (κ2) is 11.7. The molecular formula is C31H34N4O4. The van der Waals surface area contributed by atoms with Crippen LogP contribution in [0.15, 0.2) is 67.0 Å². The summed E-state index contributed by atoms with van der Waals surface area (Å²) in [5.41, 5.74) is 6.53. The standard InChI is InChI=1S/C21H26N2O3.C10H8N2O/c1-13(2)26-15-8-7-14-9-10-22-21(18(14)11-15)25-12-19-16-5-3-4-6-17(16)20(24)23-19;11-10(13)8-3-4-9-7(6-8)2-1-5-12-9/h7-11,13,16-17,19H,3-6,12H2,1-2H3,(H,23,24);1-6H,(H2,11,13). The summed E-state index contributed by atoms with van der Waals surface area (Å²) in [5.74, 6) is 1.76. The first-order valence-electron chi connectivity index (χ1n) is 13.5. The van der Waals surface area contributed by atoms with Gasteiger partial charge in [0.1, 0.15) is 12.4 Å². The number of pyridine rings is 2. The number of carbonyl (C=O) groups is 2. The summed E-state index contributed by atoms with van der Waals surface area (Å²) in [6, 6.07) is 17.0. The number of nitrogens with one attached hydrogen (secondary N) is 1. The fraction of sp³-hybridized carbons (Fsp3) is 0.355. The van der Waals surface area contributed by atoms with Crippen molar-refractivity contribution in [2.24, 2.45) is 17.6 Å². The fourth-order valence-corrected chi connectivity index (χ4v) is 5.51. The van der Waals surface area contributed by atoms with Crippen molar-refractivity contribution >= 4 is 33.5 Å². The number of aromatic nitrogens is 2. The predicted octanol–water partition coefficient (Wildman–Crippen LogP) is 5.04. The van der Waals surface area contributed by atoms with Crippen molar-refractivity contribution in [2.45, 2.75) is 51.7 Å². The van der Waals surface area contributed by atoms with Crippen molar-refractivity contribution in [1.29, 1.82) is 0 Å². The monoisotopic (exact) mass is 526 g/mol. The highest BCUT2D eigenvalue weighted by atomic mass is 16.5. The Morgan fingerprint density at radius 3 is 2.69 bits per heavy atom. The number of primary amides is 1. The lowest BCUT2D eigenvalue weighted by atomic mass is 9.78. The summed E-state index contributed by atoms with van der Waals surface area (Å²) >= 11 is 0. The van der Waals surface area contributed by atoms with Crippen LogP contribution in [-0.2, 0) is 4.79 Å². The van der Waals surface area contributed by atoms with E-state index in [4.69, 9.17) is 15.2 Å². The molecule has 0 spiro atoms. The number of nitrogens with zero attached hydrogens (tertiary/aromatic N) is 2. The first-order valence-corrected chi connectivity index (χ1v) is 13.5. The van der Waals surface area contributed by atoms with Crippen molar-refractivity contribution in [2.75, 3.05) is 6.61 Å². The van der Waals surface area contributed by atoms with Crippen LogP contribution < -0.4 is 20.5 Å². The van der Waals surface area contributed by atoms with Gasteiger partial charge in [0.05, 0.1) is 17.7 Å². The molecule has 2 aromatic heterocycles. The average Bonchev–Trinajstić information content (AvgIpc) is 3.27. The van der Waals surface area contributed by atoms with E-state index in [9.17, 15) is 9.59 Å². The highest BCUT2D eigenvalue weighted by molar-refractivity contribution is 5.96. The number of amides is 2. The maximum atomic E-state index is 12.2. The molecule has 8 heteroatoms. The molecule has 4 aromatic rings. The summed E-state index contributed by atoms with van der Waals surface area (Å²) < 4.78 is 11.9. The Morgan fingerprint density at radius 1 is 1.03 bits per heavy atom. The molecule has 3 N–H and O–H groups in total. The molecule has 0 radical (unpaired) electrons. The van der Waals surface area contributed by atoms with Gasteiger partial charge in [-0.3, -0.25) is 14.6 Å². The Bertz CT molecular complexity index is 1490. The second-order valence-electron chi connectivity index (χ2n) is 10.4.